The number of hydrogen-bond acceptors (Lipinski definition) is 8. The van der Waals surface area contributed by atoms with Gasteiger partial charge < -0.3 is 35.5 Å². The number of unbranched alkanes of at least 4 members (excludes halogenated alkanes) is 1. The molecule has 1 aliphatic carbocycles. The van der Waals surface area contributed by atoms with E-state index in [1.54, 1.807) is 20.8 Å². The summed E-state index contributed by atoms with van der Waals surface area (Å²) in [4.78, 5) is 63.7. The molecule has 272 valence electrons. The van der Waals surface area contributed by atoms with Gasteiger partial charge in [-0.1, -0.05) is 78.9 Å². The lowest BCUT2D eigenvalue weighted by Gasteiger charge is -2.26. The van der Waals surface area contributed by atoms with Crippen molar-refractivity contribution < 1.29 is 38.2 Å². The molecule has 12 nitrogen and oxygen atoms in total. The third kappa shape index (κ3) is 11.6. The SMILES string of the molecule is C[C@H](NC(=O)OCC1c2ccccc2-c2ccccc21)C(=O)N[C@@H](C)C(=O)N[C@@H](CCCCNC(=O)OCc1ccccc1)C(=O)OC(C)(C)C. The maximum Gasteiger partial charge on any atom is 0.407 e. The number of hydrogen-bond donors (Lipinski definition) is 4. The van der Waals surface area contributed by atoms with Gasteiger partial charge in [0, 0.05) is 12.5 Å². The molecule has 3 atom stereocenters. The minimum Gasteiger partial charge on any atom is -0.458 e. The van der Waals surface area contributed by atoms with Crippen LogP contribution in [0.1, 0.15) is 76.5 Å². The quantitative estimate of drug-likeness (QED) is 0.0939. The lowest BCUT2D eigenvalue weighted by molar-refractivity contribution is -0.159. The van der Waals surface area contributed by atoms with Gasteiger partial charge in [-0.25, -0.2) is 14.4 Å². The molecule has 0 aliphatic heterocycles. The summed E-state index contributed by atoms with van der Waals surface area (Å²) in [6, 6.07) is 22.2. The molecule has 4 amide bonds. The molecule has 0 saturated carbocycles. The lowest BCUT2D eigenvalue weighted by atomic mass is 9.98. The van der Waals surface area contributed by atoms with Gasteiger partial charge in [0.1, 0.15) is 36.9 Å². The molecular formula is C39H48N4O8. The molecule has 3 aromatic rings. The van der Waals surface area contributed by atoms with Crippen LogP contribution >= 0.6 is 0 Å². The lowest BCUT2D eigenvalue weighted by Crippen LogP contribution is -2.54. The Kier molecular flexibility index (Phi) is 13.6. The van der Waals surface area contributed by atoms with E-state index in [0.29, 0.717) is 19.4 Å². The summed E-state index contributed by atoms with van der Waals surface area (Å²) in [7, 11) is 0. The molecule has 0 radical (unpaired) electrons. The molecule has 0 heterocycles. The zero-order valence-corrected chi connectivity index (χ0v) is 29.8. The molecule has 0 spiro atoms. The Hall–Kier alpha value is -5.39. The van der Waals surface area contributed by atoms with Crippen LogP contribution in [0.25, 0.3) is 11.1 Å². The molecule has 1 aliphatic rings. The first-order chi connectivity index (χ1) is 24.3. The number of rotatable bonds is 15. The van der Waals surface area contributed by atoms with Gasteiger partial charge in [-0.05, 0) is 81.7 Å². The predicted molar refractivity (Wildman–Crippen MR) is 192 cm³/mol. The van der Waals surface area contributed by atoms with Gasteiger partial charge >= 0.3 is 18.2 Å². The standard InChI is InChI=1S/C39H48N4O8/c1-25(41-34(44)26(2)42-38(48)50-24-32-30-19-11-9-17-28(30)29-18-10-12-20-31(29)32)35(45)43-33(36(46)51-39(3,4)5)21-13-14-22-40-37(47)49-23-27-15-7-6-8-16-27/h6-12,15-20,25-26,32-33H,13-14,21-24H2,1-5H3,(H,40,47)(H,41,44)(H,42,48)(H,43,45)/t25-,26-,33-/m0/s1. The summed E-state index contributed by atoms with van der Waals surface area (Å²) >= 11 is 0. The van der Waals surface area contributed by atoms with Gasteiger partial charge in [-0.15, -0.1) is 0 Å². The highest BCUT2D eigenvalue weighted by atomic mass is 16.6. The van der Waals surface area contributed by atoms with E-state index in [9.17, 15) is 24.0 Å². The average molecular weight is 701 g/mol. The van der Waals surface area contributed by atoms with E-state index >= 15 is 0 Å². The largest absolute Gasteiger partial charge is 0.458 e. The Balaban J connectivity index is 1.21. The second-order valence-corrected chi connectivity index (χ2v) is 13.5. The summed E-state index contributed by atoms with van der Waals surface area (Å²) in [5.41, 5.74) is 4.42. The first kappa shape index (κ1) is 38.4. The molecule has 51 heavy (non-hydrogen) atoms. The van der Waals surface area contributed by atoms with Crippen LogP contribution in [0, 0.1) is 0 Å². The normalized spacial score (nSPS) is 13.7. The number of carbonyl (C=O) groups is 5. The highest BCUT2D eigenvalue weighted by Gasteiger charge is 2.31. The third-order valence-electron chi connectivity index (χ3n) is 8.23. The fourth-order valence-electron chi connectivity index (χ4n) is 5.64. The van der Waals surface area contributed by atoms with E-state index in [-0.39, 0.29) is 25.6 Å². The van der Waals surface area contributed by atoms with E-state index in [1.807, 2.05) is 78.9 Å². The molecule has 4 N–H and O–H groups in total. The van der Waals surface area contributed by atoms with Crippen LogP contribution in [0.3, 0.4) is 0 Å². The molecule has 12 heteroatoms. The molecule has 0 bridgehead atoms. The average Bonchev–Trinajstić information content (AvgIpc) is 3.42. The number of benzene rings is 3. The minimum atomic E-state index is -1.03. The number of fused-ring (bicyclic) bond motifs is 3. The highest BCUT2D eigenvalue weighted by Crippen LogP contribution is 2.44. The van der Waals surface area contributed by atoms with E-state index < -0.39 is 53.7 Å². The maximum absolute atomic E-state index is 13.1. The molecule has 0 unspecified atom stereocenters. The Morgan fingerprint density at radius 2 is 1.25 bits per heavy atom. The van der Waals surface area contributed by atoms with Crippen LogP contribution in [0.15, 0.2) is 78.9 Å². The van der Waals surface area contributed by atoms with Crippen LogP contribution in [0.4, 0.5) is 9.59 Å². The van der Waals surface area contributed by atoms with Crippen molar-refractivity contribution in [3.63, 3.8) is 0 Å². The fraction of sp³-hybridized carbons (Fsp3) is 0.410. The predicted octanol–water partition coefficient (Wildman–Crippen LogP) is 5.34. The molecule has 4 rings (SSSR count). The number of amides is 4. The van der Waals surface area contributed by atoms with Crippen molar-refractivity contribution >= 4 is 30.0 Å². The number of ether oxygens (including phenoxy) is 3. The summed E-state index contributed by atoms with van der Waals surface area (Å²) in [5, 5.41) is 10.5. The summed E-state index contributed by atoms with van der Waals surface area (Å²) in [6.07, 6.45) is -0.0865. The summed E-state index contributed by atoms with van der Waals surface area (Å²) in [5.74, 6) is -1.96. The third-order valence-corrected chi connectivity index (χ3v) is 8.23. The Morgan fingerprint density at radius 3 is 1.88 bits per heavy atom. The first-order valence-electron chi connectivity index (χ1n) is 17.2. The number of alkyl carbamates (subject to hydrolysis) is 2. The molecule has 0 fully saturated rings. The van der Waals surface area contributed by atoms with Crippen LogP contribution in [0.2, 0.25) is 0 Å². The van der Waals surface area contributed by atoms with Crippen LogP contribution in [0.5, 0.6) is 0 Å². The molecular weight excluding hydrogens is 652 g/mol. The number of nitrogens with one attached hydrogen (secondary N) is 4. The Bertz CT molecular complexity index is 1630. The van der Waals surface area contributed by atoms with E-state index in [1.165, 1.54) is 13.8 Å². The van der Waals surface area contributed by atoms with Crippen molar-refractivity contribution in [2.75, 3.05) is 13.2 Å². The van der Waals surface area contributed by atoms with Crippen molar-refractivity contribution in [3.8, 4) is 11.1 Å². The second-order valence-electron chi connectivity index (χ2n) is 13.5. The summed E-state index contributed by atoms with van der Waals surface area (Å²) < 4.78 is 16.3. The van der Waals surface area contributed by atoms with Crippen molar-refractivity contribution in [2.45, 2.75) is 90.1 Å². The molecule has 0 aromatic heterocycles. The zero-order valence-electron chi connectivity index (χ0n) is 29.8. The summed E-state index contributed by atoms with van der Waals surface area (Å²) in [6.45, 7) is 8.68. The second kappa shape index (κ2) is 18.0. The smallest absolute Gasteiger partial charge is 0.407 e. The van der Waals surface area contributed by atoms with Gasteiger partial charge in [0.25, 0.3) is 0 Å². The van der Waals surface area contributed by atoms with Gasteiger partial charge in [-0.2, -0.15) is 0 Å². The Labute approximate surface area is 299 Å². The number of esters is 1. The molecule has 3 aromatic carbocycles. The van der Waals surface area contributed by atoms with E-state index in [0.717, 1.165) is 27.8 Å². The van der Waals surface area contributed by atoms with Gasteiger partial charge in [0.05, 0.1) is 0 Å². The van der Waals surface area contributed by atoms with Crippen molar-refractivity contribution in [3.05, 3.63) is 95.6 Å². The zero-order chi connectivity index (χ0) is 37.0. The Morgan fingerprint density at radius 1 is 0.686 bits per heavy atom. The van der Waals surface area contributed by atoms with Crippen LogP contribution in [-0.2, 0) is 35.2 Å². The van der Waals surface area contributed by atoms with Crippen molar-refractivity contribution in [2.24, 2.45) is 0 Å². The van der Waals surface area contributed by atoms with Crippen LogP contribution < -0.4 is 21.3 Å². The van der Waals surface area contributed by atoms with Crippen molar-refractivity contribution in [1.82, 2.24) is 21.3 Å². The van der Waals surface area contributed by atoms with Crippen molar-refractivity contribution in [1.29, 1.82) is 0 Å². The van der Waals surface area contributed by atoms with E-state index in [4.69, 9.17) is 14.2 Å². The topological polar surface area (TPSA) is 161 Å². The van der Waals surface area contributed by atoms with Gasteiger partial charge in [0.2, 0.25) is 11.8 Å². The fourth-order valence-corrected chi connectivity index (χ4v) is 5.64. The van der Waals surface area contributed by atoms with Gasteiger partial charge in [0.15, 0.2) is 0 Å². The molecule has 0 saturated heterocycles. The van der Waals surface area contributed by atoms with Gasteiger partial charge in [-0.3, -0.25) is 9.59 Å². The number of carbonyl (C=O) groups excluding carboxylic acids is 5. The minimum absolute atomic E-state index is 0.0907. The van der Waals surface area contributed by atoms with E-state index in [2.05, 4.69) is 21.3 Å². The monoisotopic (exact) mass is 700 g/mol. The maximum atomic E-state index is 13.1. The first-order valence-corrected chi connectivity index (χ1v) is 17.2. The van der Waals surface area contributed by atoms with Crippen LogP contribution in [-0.4, -0.2) is 66.8 Å². The highest BCUT2D eigenvalue weighted by molar-refractivity contribution is 5.92.